The average Bonchev–Trinajstić information content (AvgIpc) is 2.89. The number of hydrogen-bond donors (Lipinski definition) is 1. The van der Waals surface area contributed by atoms with Crippen LogP contribution in [-0.2, 0) is 4.74 Å². The van der Waals surface area contributed by atoms with Gasteiger partial charge < -0.3 is 15.0 Å². The molecule has 108 valence electrons. The molecule has 1 aliphatic heterocycles. The van der Waals surface area contributed by atoms with Crippen LogP contribution in [0.1, 0.15) is 50.9 Å². The monoisotopic (exact) mass is 268 g/mol. The number of morpholine rings is 1. The lowest BCUT2D eigenvalue weighted by Crippen LogP contribution is -2.42. The fraction of sp³-hybridized carbons (Fsp3) is 0.846. The quantitative estimate of drug-likeness (QED) is 0.867. The summed E-state index contributed by atoms with van der Waals surface area (Å²) >= 11 is 0. The Morgan fingerprint density at radius 2 is 2.21 bits per heavy atom. The molecule has 0 spiro atoms. The van der Waals surface area contributed by atoms with Gasteiger partial charge in [0.2, 0.25) is 11.7 Å². The lowest BCUT2D eigenvalue weighted by atomic mass is 10.1. The number of nitrogens with two attached hydrogens (primary N) is 1. The second-order valence-corrected chi connectivity index (χ2v) is 5.42. The van der Waals surface area contributed by atoms with Gasteiger partial charge in [0, 0.05) is 25.0 Å². The summed E-state index contributed by atoms with van der Waals surface area (Å²) in [5.74, 6) is 1.52. The molecule has 2 N–H and O–H groups in total. The fourth-order valence-electron chi connectivity index (χ4n) is 2.25. The van der Waals surface area contributed by atoms with Gasteiger partial charge in [-0.3, -0.25) is 4.90 Å². The van der Waals surface area contributed by atoms with Crippen molar-refractivity contribution in [2.24, 2.45) is 5.73 Å². The third kappa shape index (κ3) is 3.52. The molecule has 19 heavy (non-hydrogen) atoms. The number of nitrogens with zero attached hydrogens (tertiary/aromatic N) is 3. The predicted molar refractivity (Wildman–Crippen MR) is 71.8 cm³/mol. The van der Waals surface area contributed by atoms with Gasteiger partial charge in [-0.1, -0.05) is 12.1 Å². The Bertz CT molecular complexity index is 394. The van der Waals surface area contributed by atoms with Crippen LogP contribution in [0.4, 0.5) is 0 Å². The van der Waals surface area contributed by atoms with Crippen molar-refractivity contribution in [3.63, 3.8) is 0 Å². The molecular formula is C13H24N4O2. The third-order valence-corrected chi connectivity index (χ3v) is 3.59. The van der Waals surface area contributed by atoms with E-state index in [0.29, 0.717) is 30.9 Å². The van der Waals surface area contributed by atoms with Crippen LogP contribution >= 0.6 is 0 Å². The van der Waals surface area contributed by atoms with Crippen LogP contribution in [0, 0.1) is 0 Å². The molecule has 1 saturated heterocycles. The van der Waals surface area contributed by atoms with Crippen molar-refractivity contribution in [3.05, 3.63) is 11.7 Å². The number of aromatic nitrogens is 2. The average molecular weight is 268 g/mol. The topological polar surface area (TPSA) is 77.4 Å². The highest BCUT2D eigenvalue weighted by atomic mass is 16.5. The molecule has 2 atom stereocenters. The molecule has 1 aliphatic rings. The van der Waals surface area contributed by atoms with Crippen molar-refractivity contribution in [2.45, 2.75) is 45.3 Å². The van der Waals surface area contributed by atoms with E-state index in [0.717, 1.165) is 19.5 Å². The maximum atomic E-state index is 5.75. The summed E-state index contributed by atoms with van der Waals surface area (Å²) in [6.45, 7) is 9.54. The summed E-state index contributed by atoms with van der Waals surface area (Å²) in [6.07, 6.45) is 0.768. The van der Waals surface area contributed by atoms with E-state index in [-0.39, 0.29) is 12.0 Å². The molecular weight excluding hydrogens is 244 g/mol. The molecule has 2 rings (SSSR count). The Hall–Kier alpha value is -0.980. The maximum Gasteiger partial charge on any atom is 0.229 e. The Morgan fingerprint density at radius 1 is 1.42 bits per heavy atom. The van der Waals surface area contributed by atoms with Crippen LogP contribution in [0.25, 0.3) is 0 Å². The van der Waals surface area contributed by atoms with Gasteiger partial charge in [-0.2, -0.15) is 4.98 Å². The van der Waals surface area contributed by atoms with Crippen LogP contribution in [0.5, 0.6) is 0 Å². The van der Waals surface area contributed by atoms with Crippen LogP contribution in [0.3, 0.4) is 0 Å². The molecule has 0 aliphatic carbocycles. The van der Waals surface area contributed by atoms with Gasteiger partial charge in [0.05, 0.1) is 6.61 Å². The molecule has 6 heteroatoms. The molecule has 0 bridgehead atoms. The first-order chi connectivity index (χ1) is 9.11. The zero-order chi connectivity index (χ0) is 13.8. The van der Waals surface area contributed by atoms with Gasteiger partial charge in [-0.25, -0.2) is 0 Å². The van der Waals surface area contributed by atoms with Crippen molar-refractivity contribution in [3.8, 4) is 0 Å². The predicted octanol–water partition coefficient (Wildman–Crippen LogP) is 1.30. The Kier molecular flexibility index (Phi) is 4.90. The maximum absolute atomic E-state index is 5.75. The van der Waals surface area contributed by atoms with Gasteiger partial charge in [0.15, 0.2) is 0 Å². The minimum Gasteiger partial charge on any atom is -0.367 e. The zero-order valence-electron chi connectivity index (χ0n) is 12.0. The van der Waals surface area contributed by atoms with Crippen LogP contribution in [0.15, 0.2) is 4.52 Å². The molecule has 2 unspecified atom stereocenters. The van der Waals surface area contributed by atoms with Gasteiger partial charge in [-0.05, 0) is 26.8 Å². The molecule has 0 aromatic carbocycles. The van der Waals surface area contributed by atoms with E-state index in [1.54, 1.807) is 0 Å². The highest BCUT2D eigenvalue weighted by Crippen LogP contribution is 2.23. The molecule has 1 aromatic rings. The largest absolute Gasteiger partial charge is 0.367 e. The van der Waals surface area contributed by atoms with Crippen molar-refractivity contribution in [2.75, 3.05) is 26.2 Å². The lowest BCUT2D eigenvalue weighted by Gasteiger charge is -2.34. The van der Waals surface area contributed by atoms with Gasteiger partial charge in [0.25, 0.3) is 0 Å². The summed E-state index contributed by atoms with van der Waals surface area (Å²) in [6, 6.07) is 0.508. The summed E-state index contributed by atoms with van der Waals surface area (Å²) < 4.78 is 11.1. The molecule has 0 radical (unpaired) electrons. The summed E-state index contributed by atoms with van der Waals surface area (Å²) in [4.78, 5) is 6.83. The minimum absolute atomic E-state index is 0.0845. The fourth-order valence-corrected chi connectivity index (χ4v) is 2.25. The Labute approximate surface area is 114 Å². The summed E-state index contributed by atoms with van der Waals surface area (Å²) in [7, 11) is 0. The SMILES string of the molecule is CC(CCN)c1nc(C2CN(C(C)C)CCO2)no1. The second kappa shape index (κ2) is 6.45. The summed E-state index contributed by atoms with van der Waals surface area (Å²) in [5.41, 5.74) is 5.55. The van der Waals surface area contributed by atoms with Crippen molar-refractivity contribution < 1.29 is 9.26 Å². The highest BCUT2D eigenvalue weighted by molar-refractivity contribution is 4.97. The van der Waals surface area contributed by atoms with Gasteiger partial charge in [0.1, 0.15) is 6.10 Å². The van der Waals surface area contributed by atoms with Crippen molar-refractivity contribution in [1.29, 1.82) is 0 Å². The van der Waals surface area contributed by atoms with E-state index in [2.05, 4.69) is 28.9 Å². The molecule has 6 nitrogen and oxygen atoms in total. The molecule has 1 fully saturated rings. The normalized spacial score (nSPS) is 22.9. The van der Waals surface area contributed by atoms with Crippen molar-refractivity contribution in [1.82, 2.24) is 15.0 Å². The first kappa shape index (κ1) is 14.4. The van der Waals surface area contributed by atoms with E-state index < -0.39 is 0 Å². The molecule has 0 amide bonds. The first-order valence-electron chi connectivity index (χ1n) is 7.01. The lowest BCUT2D eigenvalue weighted by molar-refractivity contribution is -0.0450. The second-order valence-electron chi connectivity index (χ2n) is 5.42. The van der Waals surface area contributed by atoms with E-state index in [4.69, 9.17) is 15.0 Å². The van der Waals surface area contributed by atoms with Crippen molar-refractivity contribution >= 4 is 0 Å². The van der Waals surface area contributed by atoms with Crippen LogP contribution < -0.4 is 5.73 Å². The van der Waals surface area contributed by atoms with E-state index in [1.165, 1.54) is 0 Å². The van der Waals surface area contributed by atoms with Crippen LogP contribution in [-0.4, -0.2) is 47.3 Å². The number of ether oxygens (including phenoxy) is 1. The summed E-state index contributed by atoms with van der Waals surface area (Å²) in [5, 5.41) is 4.06. The minimum atomic E-state index is -0.0845. The smallest absolute Gasteiger partial charge is 0.229 e. The van der Waals surface area contributed by atoms with Gasteiger partial charge >= 0.3 is 0 Å². The van der Waals surface area contributed by atoms with Gasteiger partial charge in [-0.15, -0.1) is 0 Å². The first-order valence-corrected chi connectivity index (χ1v) is 7.01. The Morgan fingerprint density at radius 3 is 2.89 bits per heavy atom. The zero-order valence-corrected chi connectivity index (χ0v) is 12.0. The van der Waals surface area contributed by atoms with E-state index >= 15 is 0 Å². The molecule has 2 heterocycles. The van der Waals surface area contributed by atoms with E-state index in [1.807, 2.05) is 6.92 Å². The third-order valence-electron chi connectivity index (χ3n) is 3.59. The van der Waals surface area contributed by atoms with E-state index in [9.17, 15) is 0 Å². The van der Waals surface area contributed by atoms with Crippen LogP contribution in [0.2, 0.25) is 0 Å². The highest BCUT2D eigenvalue weighted by Gasteiger charge is 2.28. The molecule has 0 saturated carbocycles. The number of rotatable bonds is 5. The Balaban J connectivity index is 2.01. The number of hydrogen-bond acceptors (Lipinski definition) is 6. The molecule has 1 aromatic heterocycles. The standard InChI is InChI=1S/C13H24N4O2/c1-9(2)17-6-7-18-11(8-17)12-15-13(19-16-12)10(3)4-5-14/h9-11H,4-8,14H2,1-3H3.